The molecule has 3 aromatic carbocycles. The van der Waals surface area contributed by atoms with Crippen LogP contribution < -0.4 is 24.7 Å². The lowest BCUT2D eigenvalue weighted by Gasteiger charge is -2.30. The van der Waals surface area contributed by atoms with E-state index in [4.69, 9.17) is 14.1 Å². The van der Waals surface area contributed by atoms with Crippen LogP contribution in [0.5, 0.6) is 5.75 Å². The van der Waals surface area contributed by atoms with Crippen molar-refractivity contribution in [3.63, 3.8) is 0 Å². The molecule has 7 rings (SSSR count). The van der Waals surface area contributed by atoms with Crippen LogP contribution in [0, 0.1) is 0 Å². The molecule has 42 heavy (non-hydrogen) atoms. The molecule has 0 saturated heterocycles. The molecule has 8 heteroatoms. The van der Waals surface area contributed by atoms with E-state index in [2.05, 4.69) is 18.2 Å². The van der Waals surface area contributed by atoms with Crippen molar-refractivity contribution in [1.29, 1.82) is 0 Å². The fourth-order valence-electron chi connectivity index (χ4n) is 5.72. The molecule has 0 amide bonds. The first-order valence-electron chi connectivity index (χ1n) is 13.8. The van der Waals surface area contributed by atoms with Gasteiger partial charge in [-0.2, -0.15) is 0 Å². The third-order valence-electron chi connectivity index (χ3n) is 7.69. The van der Waals surface area contributed by atoms with Gasteiger partial charge in [0, 0.05) is 17.2 Å². The number of benzene rings is 3. The molecule has 0 fully saturated rings. The summed E-state index contributed by atoms with van der Waals surface area (Å²) >= 11 is 1.34. The molecule has 0 bridgehead atoms. The van der Waals surface area contributed by atoms with Crippen molar-refractivity contribution in [2.45, 2.75) is 25.8 Å². The predicted molar refractivity (Wildman–Crippen MR) is 159 cm³/mol. The van der Waals surface area contributed by atoms with Gasteiger partial charge in [0.2, 0.25) is 0 Å². The normalized spacial score (nSPS) is 15.9. The maximum Gasteiger partial charge on any atom is 0.271 e. The van der Waals surface area contributed by atoms with E-state index in [1.54, 1.807) is 30.3 Å². The number of ether oxygens (including phenoxy) is 1. The topological polar surface area (TPSA) is 96.9 Å². The van der Waals surface area contributed by atoms with E-state index in [1.807, 2.05) is 41.8 Å². The van der Waals surface area contributed by atoms with Crippen molar-refractivity contribution in [2.75, 3.05) is 6.61 Å². The number of aryl methyl sites for hydroxylation is 1. The van der Waals surface area contributed by atoms with Gasteiger partial charge >= 0.3 is 0 Å². The lowest BCUT2D eigenvalue weighted by molar-refractivity contribution is -0.255. The summed E-state index contributed by atoms with van der Waals surface area (Å²) < 4.78 is 14.0. The van der Waals surface area contributed by atoms with E-state index >= 15 is 0 Å². The number of aromatic carboxylic acids is 1. The van der Waals surface area contributed by atoms with Crippen LogP contribution in [0.25, 0.3) is 23.1 Å². The molecular formula is C34H25N2O5S-. The lowest BCUT2D eigenvalue weighted by Crippen LogP contribution is -2.38. The number of hydrogen-bond acceptors (Lipinski definition) is 7. The number of furan rings is 1. The highest BCUT2D eigenvalue weighted by Crippen LogP contribution is 2.41. The third-order valence-corrected chi connectivity index (χ3v) is 8.67. The molecule has 0 radical (unpaired) electrons. The van der Waals surface area contributed by atoms with Gasteiger partial charge in [0.05, 0.1) is 28.8 Å². The first kappa shape index (κ1) is 26.0. The van der Waals surface area contributed by atoms with Crippen LogP contribution in [0.15, 0.2) is 105 Å². The van der Waals surface area contributed by atoms with Gasteiger partial charge < -0.3 is 19.1 Å². The second-order valence-corrected chi connectivity index (χ2v) is 11.2. The molecule has 2 aromatic heterocycles. The quantitative estimate of drug-likeness (QED) is 0.301. The van der Waals surface area contributed by atoms with E-state index in [0.717, 1.165) is 46.6 Å². The number of carbonyl (C=O) groups excluding carboxylic acids is 1. The van der Waals surface area contributed by atoms with Gasteiger partial charge in [-0.05, 0) is 66.3 Å². The summed E-state index contributed by atoms with van der Waals surface area (Å²) in [6, 6.07) is 25.9. The molecule has 1 atom stereocenters. The number of nitrogens with zero attached hydrogens (tertiary/aromatic N) is 2. The minimum Gasteiger partial charge on any atom is -0.545 e. The van der Waals surface area contributed by atoms with Crippen molar-refractivity contribution < 1.29 is 19.1 Å². The molecule has 1 aliphatic carbocycles. The molecule has 0 unspecified atom stereocenters. The number of fused-ring (bicyclic) bond motifs is 3. The first-order chi connectivity index (χ1) is 20.5. The van der Waals surface area contributed by atoms with E-state index in [-0.39, 0.29) is 17.2 Å². The fraction of sp³-hybridized carbons (Fsp3) is 0.147. The molecule has 7 nitrogen and oxygen atoms in total. The number of allylic oxidation sites excluding steroid dienone is 1. The Hall–Kier alpha value is -4.95. The van der Waals surface area contributed by atoms with Gasteiger partial charge in [-0.3, -0.25) is 9.36 Å². The highest BCUT2D eigenvalue weighted by molar-refractivity contribution is 7.07. The average molecular weight is 574 g/mol. The fourth-order valence-corrected chi connectivity index (χ4v) is 6.70. The van der Waals surface area contributed by atoms with E-state index in [1.165, 1.54) is 29.0 Å². The van der Waals surface area contributed by atoms with Crippen LogP contribution >= 0.6 is 11.3 Å². The third kappa shape index (κ3) is 4.50. The van der Waals surface area contributed by atoms with Crippen molar-refractivity contribution in [3.8, 4) is 17.1 Å². The SMILES string of the molecule is CCOc1ccc([C@H]2C3=C(N=c4sc(=Cc5ccc(-c6ccc(C(=O)[O-])cc6)o5)c(=O)n42)c2ccccc2CC3)cc1. The van der Waals surface area contributed by atoms with Crippen LogP contribution in [-0.2, 0) is 6.42 Å². The molecule has 1 aliphatic heterocycles. The zero-order valence-corrected chi connectivity index (χ0v) is 23.5. The predicted octanol–water partition coefficient (Wildman–Crippen LogP) is 4.34. The van der Waals surface area contributed by atoms with E-state index in [9.17, 15) is 14.7 Å². The molecule has 208 valence electrons. The van der Waals surface area contributed by atoms with Crippen LogP contribution in [0.1, 0.15) is 52.2 Å². The van der Waals surface area contributed by atoms with E-state index < -0.39 is 5.97 Å². The Balaban J connectivity index is 1.34. The largest absolute Gasteiger partial charge is 0.545 e. The summed E-state index contributed by atoms with van der Waals surface area (Å²) in [5.41, 5.74) is 6.17. The molecule has 0 N–H and O–H groups in total. The van der Waals surface area contributed by atoms with Gasteiger partial charge in [-0.15, -0.1) is 0 Å². The van der Waals surface area contributed by atoms with Gasteiger partial charge in [0.25, 0.3) is 5.56 Å². The Kier molecular flexibility index (Phi) is 6.47. The minimum atomic E-state index is -1.23. The number of thiazole rings is 1. The van der Waals surface area contributed by atoms with Crippen molar-refractivity contribution in [1.82, 2.24) is 4.57 Å². The molecule has 5 aromatic rings. The van der Waals surface area contributed by atoms with E-state index in [0.29, 0.717) is 27.5 Å². The number of carboxylic acids is 1. The number of aromatic nitrogens is 1. The Bertz CT molecular complexity index is 2050. The number of carboxylic acid groups (broad SMARTS) is 1. The molecule has 0 spiro atoms. The van der Waals surface area contributed by atoms with Crippen LogP contribution in [0.2, 0.25) is 0 Å². The van der Waals surface area contributed by atoms with Gasteiger partial charge in [0.15, 0.2) is 4.80 Å². The number of hydrogen-bond donors (Lipinski definition) is 0. The van der Waals surface area contributed by atoms with Gasteiger partial charge in [0.1, 0.15) is 17.3 Å². The zero-order chi connectivity index (χ0) is 28.8. The maximum absolute atomic E-state index is 14.0. The second kappa shape index (κ2) is 10.5. The highest BCUT2D eigenvalue weighted by atomic mass is 32.1. The van der Waals surface area contributed by atoms with Crippen LogP contribution in [0.3, 0.4) is 0 Å². The average Bonchev–Trinajstić information content (AvgIpc) is 3.61. The number of carbonyl (C=O) groups is 1. The molecular weight excluding hydrogens is 548 g/mol. The summed E-state index contributed by atoms with van der Waals surface area (Å²) in [7, 11) is 0. The number of rotatable bonds is 6. The van der Waals surface area contributed by atoms with Gasteiger partial charge in [-0.1, -0.05) is 72.0 Å². The monoisotopic (exact) mass is 573 g/mol. The summed E-state index contributed by atoms with van der Waals surface area (Å²) in [5, 5.41) is 11.1. The summed E-state index contributed by atoms with van der Waals surface area (Å²) in [5.74, 6) is 0.648. The second-order valence-electron chi connectivity index (χ2n) is 10.2. The summed E-state index contributed by atoms with van der Waals surface area (Å²) in [4.78, 5) is 30.8. The van der Waals surface area contributed by atoms with Crippen LogP contribution in [0.4, 0.5) is 0 Å². The van der Waals surface area contributed by atoms with Gasteiger partial charge in [-0.25, -0.2) is 4.99 Å². The van der Waals surface area contributed by atoms with Crippen molar-refractivity contribution in [3.05, 3.63) is 138 Å². The lowest BCUT2D eigenvalue weighted by atomic mass is 9.83. The maximum atomic E-state index is 14.0. The highest BCUT2D eigenvalue weighted by Gasteiger charge is 2.32. The summed E-state index contributed by atoms with van der Waals surface area (Å²) in [6.07, 6.45) is 3.45. The smallest absolute Gasteiger partial charge is 0.271 e. The molecule has 0 saturated carbocycles. The van der Waals surface area contributed by atoms with Crippen LogP contribution in [-0.4, -0.2) is 17.1 Å². The van der Waals surface area contributed by atoms with Crippen molar-refractivity contribution in [2.24, 2.45) is 4.99 Å². The Morgan fingerprint density at radius 2 is 1.83 bits per heavy atom. The summed E-state index contributed by atoms with van der Waals surface area (Å²) in [6.45, 7) is 2.54. The first-order valence-corrected chi connectivity index (χ1v) is 14.6. The van der Waals surface area contributed by atoms with Crippen molar-refractivity contribution >= 4 is 29.1 Å². The zero-order valence-electron chi connectivity index (χ0n) is 22.7. The molecule has 3 heterocycles. The Labute approximate surface area is 245 Å². The molecule has 2 aliphatic rings. The Morgan fingerprint density at radius 1 is 1.05 bits per heavy atom. The minimum absolute atomic E-state index is 0.0963. The Morgan fingerprint density at radius 3 is 2.60 bits per heavy atom. The standard InChI is InChI=1S/C34H26N2O5S/c1-2-40-24-14-11-22(12-15-24)31-27-17-13-20-5-3-4-6-26(20)30(27)35-34-36(31)32(37)29(42-34)19-25-16-18-28(41-25)21-7-9-23(10-8-21)33(38)39/h3-12,14-16,18-19,31H,2,13,17H2,1H3,(H,38,39)/p-1/t31-/m0/s1.